The van der Waals surface area contributed by atoms with Crippen molar-refractivity contribution in [2.75, 3.05) is 26.0 Å². The number of thioether (sulfide) groups is 1. The number of nitrogens with zero attached hydrogens (tertiary/aromatic N) is 1. The normalized spacial score (nSPS) is 18.1. The second-order valence-corrected chi connectivity index (χ2v) is 8.72. The minimum atomic E-state index is -0.568. The molecule has 1 N–H and O–H groups in total. The van der Waals surface area contributed by atoms with E-state index >= 15 is 0 Å². The lowest BCUT2D eigenvalue weighted by molar-refractivity contribution is -0.136. The first-order valence-electron chi connectivity index (χ1n) is 10.7. The van der Waals surface area contributed by atoms with Crippen LogP contribution in [0, 0.1) is 5.82 Å². The topological polar surface area (TPSA) is 67.9 Å². The van der Waals surface area contributed by atoms with Gasteiger partial charge in [-0.05, 0) is 55.7 Å². The zero-order valence-corrected chi connectivity index (χ0v) is 19.4. The van der Waals surface area contributed by atoms with Crippen LogP contribution in [0.1, 0.15) is 25.0 Å². The van der Waals surface area contributed by atoms with E-state index in [1.54, 1.807) is 24.1 Å². The first-order chi connectivity index (χ1) is 15.4. The van der Waals surface area contributed by atoms with Gasteiger partial charge in [0.15, 0.2) is 11.5 Å². The largest absolute Gasteiger partial charge is 0.493 e. The fourth-order valence-electron chi connectivity index (χ4n) is 3.59. The van der Waals surface area contributed by atoms with Gasteiger partial charge >= 0.3 is 0 Å². The summed E-state index contributed by atoms with van der Waals surface area (Å²) in [6.07, 6.45) is 0.501. The quantitative estimate of drug-likeness (QED) is 0.621. The van der Waals surface area contributed by atoms with E-state index < -0.39 is 6.04 Å². The standard InChI is InChI=1S/C24H29FN2O4S/c1-4-27(14-17-8-11-20(31-5-2)21(12-17)30-3)24(29)19-15-32-22(23(28)26-19)13-16-6-9-18(25)10-7-16/h6-12,19,22H,4-5,13-15H2,1-3H3,(H,26,28). The molecule has 2 aromatic carbocycles. The van der Waals surface area contributed by atoms with Crippen molar-refractivity contribution in [3.8, 4) is 11.5 Å². The lowest BCUT2D eigenvalue weighted by Crippen LogP contribution is -2.55. The Morgan fingerprint density at radius 2 is 1.88 bits per heavy atom. The fourth-order valence-corrected chi connectivity index (χ4v) is 4.77. The first kappa shape index (κ1) is 23.9. The molecule has 1 heterocycles. The third kappa shape index (κ3) is 5.94. The summed E-state index contributed by atoms with van der Waals surface area (Å²) in [5.41, 5.74) is 1.81. The zero-order chi connectivity index (χ0) is 23.1. The highest BCUT2D eigenvalue weighted by atomic mass is 32.2. The van der Waals surface area contributed by atoms with Gasteiger partial charge in [0.1, 0.15) is 11.9 Å². The van der Waals surface area contributed by atoms with Gasteiger partial charge in [-0.2, -0.15) is 0 Å². The van der Waals surface area contributed by atoms with Crippen molar-refractivity contribution in [1.82, 2.24) is 10.2 Å². The molecular formula is C24H29FN2O4S. The summed E-state index contributed by atoms with van der Waals surface area (Å²) in [6.45, 7) is 5.29. The van der Waals surface area contributed by atoms with Crippen molar-refractivity contribution >= 4 is 23.6 Å². The number of rotatable bonds is 9. The molecule has 0 bridgehead atoms. The van der Waals surface area contributed by atoms with Gasteiger partial charge in [-0.1, -0.05) is 18.2 Å². The predicted octanol–water partition coefficient (Wildman–Crippen LogP) is 3.42. The number of carbonyl (C=O) groups is 2. The Morgan fingerprint density at radius 3 is 2.50 bits per heavy atom. The number of nitrogens with one attached hydrogen (secondary N) is 1. The smallest absolute Gasteiger partial charge is 0.246 e. The van der Waals surface area contributed by atoms with Gasteiger partial charge < -0.3 is 19.7 Å². The number of methoxy groups -OCH3 is 1. The summed E-state index contributed by atoms with van der Waals surface area (Å²) in [5, 5.41) is 2.58. The van der Waals surface area contributed by atoms with Crippen LogP contribution in [0.5, 0.6) is 11.5 Å². The Hall–Kier alpha value is -2.74. The SMILES string of the molecule is CCOc1ccc(CN(CC)C(=O)C2CSC(Cc3ccc(F)cc3)C(=O)N2)cc1OC. The van der Waals surface area contributed by atoms with Crippen LogP contribution >= 0.6 is 11.8 Å². The van der Waals surface area contributed by atoms with Crippen LogP contribution in [0.2, 0.25) is 0 Å². The molecule has 2 atom stereocenters. The van der Waals surface area contributed by atoms with Gasteiger partial charge in [0, 0.05) is 18.8 Å². The van der Waals surface area contributed by atoms with Crippen LogP contribution in [0.25, 0.3) is 0 Å². The van der Waals surface area contributed by atoms with Gasteiger partial charge in [-0.3, -0.25) is 9.59 Å². The van der Waals surface area contributed by atoms with Crippen LogP contribution in [0.15, 0.2) is 42.5 Å². The highest BCUT2D eigenvalue weighted by molar-refractivity contribution is 8.00. The molecule has 0 saturated carbocycles. The molecule has 172 valence electrons. The number of likely N-dealkylation sites (N-methyl/N-ethyl adjacent to an activating group) is 1. The molecule has 0 radical (unpaired) electrons. The molecule has 1 aliphatic rings. The molecule has 1 aliphatic heterocycles. The first-order valence-corrected chi connectivity index (χ1v) is 11.7. The molecule has 1 fully saturated rings. The van der Waals surface area contributed by atoms with E-state index in [-0.39, 0.29) is 22.9 Å². The predicted molar refractivity (Wildman–Crippen MR) is 124 cm³/mol. The Morgan fingerprint density at radius 1 is 1.16 bits per heavy atom. The Balaban J connectivity index is 1.61. The van der Waals surface area contributed by atoms with Crippen LogP contribution in [0.3, 0.4) is 0 Å². The molecule has 6 nitrogen and oxygen atoms in total. The van der Waals surface area contributed by atoms with E-state index in [1.165, 1.54) is 23.9 Å². The van der Waals surface area contributed by atoms with Crippen molar-refractivity contribution in [1.29, 1.82) is 0 Å². The average Bonchev–Trinajstić information content (AvgIpc) is 2.80. The molecule has 1 saturated heterocycles. The molecule has 0 spiro atoms. The maximum Gasteiger partial charge on any atom is 0.246 e. The van der Waals surface area contributed by atoms with Gasteiger partial charge in [0.05, 0.1) is 19.0 Å². The van der Waals surface area contributed by atoms with Crippen molar-refractivity contribution in [2.24, 2.45) is 0 Å². The summed E-state index contributed by atoms with van der Waals surface area (Å²) in [6, 6.07) is 11.2. The molecule has 2 amide bonds. The van der Waals surface area contributed by atoms with E-state index in [0.29, 0.717) is 43.4 Å². The highest BCUT2D eigenvalue weighted by Gasteiger charge is 2.34. The second kappa shape index (κ2) is 11.2. The number of halogens is 1. The molecule has 2 unspecified atom stereocenters. The average molecular weight is 461 g/mol. The minimum absolute atomic E-state index is 0.110. The number of hydrogen-bond acceptors (Lipinski definition) is 5. The lowest BCUT2D eigenvalue weighted by atomic mass is 10.1. The van der Waals surface area contributed by atoms with E-state index in [4.69, 9.17) is 9.47 Å². The number of hydrogen-bond donors (Lipinski definition) is 1. The number of ether oxygens (including phenoxy) is 2. The summed E-state index contributed by atoms with van der Waals surface area (Å²) in [7, 11) is 1.58. The minimum Gasteiger partial charge on any atom is -0.493 e. The molecule has 3 rings (SSSR count). The van der Waals surface area contributed by atoms with Gasteiger partial charge in [0.25, 0.3) is 0 Å². The van der Waals surface area contributed by atoms with Crippen molar-refractivity contribution in [2.45, 2.75) is 38.1 Å². The fraction of sp³-hybridized carbons (Fsp3) is 0.417. The maximum absolute atomic E-state index is 13.1. The molecule has 32 heavy (non-hydrogen) atoms. The summed E-state index contributed by atoms with van der Waals surface area (Å²) in [5.74, 6) is 1.21. The van der Waals surface area contributed by atoms with Gasteiger partial charge in [-0.15, -0.1) is 11.8 Å². The van der Waals surface area contributed by atoms with Crippen LogP contribution in [0.4, 0.5) is 4.39 Å². The van der Waals surface area contributed by atoms with Crippen molar-refractivity contribution in [3.63, 3.8) is 0 Å². The summed E-state index contributed by atoms with van der Waals surface area (Å²) in [4.78, 5) is 27.5. The van der Waals surface area contributed by atoms with E-state index in [0.717, 1.165) is 11.1 Å². The molecular weight excluding hydrogens is 431 g/mol. The maximum atomic E-state index is 13.1. The summed E-state index contributed by atoms with van der Waals surface area (Å²) < 4.78 is 24.1. The number of carbonyl (C=O) groups excluding carboxylic acids is 2. The Labute approximate surface area is 192 Å². The molecule has 8 heteroatoms. The molecule has 0 aliphatic carbocycles. The summed E-state index contributed by atoms with van der Waals surface area (Å²) >= 11 is 1.46. The van der Waals surface area contributed by atoms with E-state index in [2.05, 4.69) is 5.32 Å². The second-order valence-electron chi connectivity index (χ2n) is 7.48. The zero-order valence-electron chi connectivity index (χ0n) is 18.6. The van der Waals surface area contributed by atoms with E-state index in [9.17, 15) is 14.0 Å². The van der Waals surface area contributed by atoms with Crippen LogP contribution < -0.4 is 14.8 Å². The lowest BCUT2D eigenvalue weighted by Gasteiger charge is -2.32. The molecule has 0 aromatic heterocycles. The van der Waals surface area contributed by atoms with Gasteiger partial charge in [0.2, 0.25) is 11.8 Å². The third-order valence-corrected chi connectivity index (χ3v) is 6.61. The van der Waals surface area contributed by atoms with Crippen LogP contribution in [-0.2, 0) is 22.6 Å². The van der Waals surface area contributed by atoms with Crippen molar-refractivity contribution in [3.05, 3.63) is 59.4 Å². The number of amides is 2. The van der Waals surface area contributed by atoms with Crippen LogP contribution in [-0.4, -0.2) is 54.0 Å². The Kier molecular flexibility index (Phi) is 8.39. The van der Waals surface area contributed by atoms with E-state index in [1.807, 2.05) is 32.0 Å². The van der Waals surface area contributed by atoms with Gasteiger partial charge in [-0.25, -0.2) is 4.39 Å². The molecule has 2 aromatic rings. The Bertz CT molecular complexity index is 938. The monoisotopic (exact) mass is 460 g/mol. The third-order valence-electron chi connectivity index (χ3n) is 5.30. The highest BCUT2D eigenvalue weighted by Crippen LogP contribution is 2.29. The number of benzene rings is 2. The van der Waals surface area contributed by atoms with Crippen molar-refractivity contribution < 1.29 is 23.5 Å².